The van der Waals surface area contributed by atoms with Crippen LogP contribution < -0.4 is 4.90 Å². The normalized spacial score (nSPS) is 18.8. The number of aromatic nitrogens is 4. The summed E-state index contributed by atoms with van der Waals surface area (Å²) in [6.07, 6.45) is 1.71. The molecule has 0 spiro atoms. The highest BCUT2D eigenvalue weighted by molar-refractivity contribution is 5.33. The van der Waals surface area contributed by atoms with Crippen LogP contribution in [0, 0.1) is 20.8 Å². The summed E-state index contributed by atoms with van der Waals surface area (Å²) in [5.74, 6) is 1.53. The molecule has 1 aliphatic rings. The van der Waals surface area contributed by atoms with E-state index in [1.54, 1.807) is 6.20 Å². The van der Waals surface area contributed by atoms with Gasteiger partial charge in [-0.2, -0.15) is 0 Å². The van der Waals surface area contributed by atoms with Crippen LogP contribution in [0.25, 0.3) is 0 Å². The molecule has 1 fully saturated rings. The Bertz CT molecular complexity index is 625. The first-order chi connectivity index (χ1) is 10.1. The molecule has 21 heavy (non-hydrogen) atoms. The number of morpholine rings is 1. The number of anilines is 1. The lowest BCUT2D eigenvalue weighted by Gasteiger charge is -2.32. The second kappa shape index (κ2) is 5.73. The van der Waals surface area contributed by atoms with E-state index in [1.165, 1.54) is 0 Å². The molecule has 0 saturated carbocycles. The highest BCUT2D eigenvalue weighted by Gasteiger charge is 2.25. The molecule has 3 rings (SSSR count). The zero-order chi connectivity index (χ0) is 14.8. The maximum atomic E-state index is 5.84. The molecular weight excluding hydrogens is 266 g/mol. The molecule has 2 aromatic heterocycles. The van der Waals surface area contributed by atoms with Gasteiger partial charge >= 0.3 is 0 Å². The highest BCUT2D eigenvalue weighted by atomic mass is 16.5. The first-order valence-corrected chi connectivity index (χ1v) is 7.10. The van der Waals surface area contributed by atoms with Crippen molar-refractivity contribution in [2.24, 2.45) is 0 Å². The molecule has 0 radical (unpaired) electrons. The molecule has 0 bridgehead atoms. The van der Waals surface area contributed by atoms with Gasteiger partial charge < -0.3 is 9.64 Å². The lowest BCUT2D eigenvalue weighted by atomic mass is 10.2. The summed E-state index contributed by atoms with van der Waals surface area (Å²) in [5, 5.41) is 0. The van der Waals surface area contributed by atoms with Crippen molar-refractivity contribution in [2.75, 3.05) is 24.6 Å². The van der Waals surface area contributed by atoms with E-state index >= 15 is 0 Å². The van der Waals surface area contributed by atoms with Gasteiger partial charge in [-0.3, -0.25) is 0 Å². The Hall–Kier alpha value is -2.08. The van der Waals surface area contributed by atoms with E-state index in [2.05, 4.69) is 24.8 Å². The molecule has 1 aliphatic heterocycles. The molecule has 0 amide bonds. The Morgan fingerprint density at radius 2 is 1.90 bits per heavy atom. The van der Waals surface area contributed by atoms with Gasteiger partial charge in [0.2, 0.25) is 5.95 Å². The third kappa shape index (κ3) is 3.16. The van der Waals surface area contributed by atoms with E-state index < -0.39 is 0 Å². The van der Waals surface area contributed by atoms with Crippen molar-refractivity contribution in [1.29, 1.82) is 0 Å². The summed E-state index contributed by atoms with van der Waals surface area (Å²) in [6, 6.07) is 3.89. The van der Waals surface area contributed by atoms with Gasteiger partial charge in [-0.15, -0.1) is 0 Å². The molecule has 1 atom stereocenters. The van der Waals surface area contributed by atoms with Crippen LogP contribution in [-0.2, 0) is 4.74 Å². The first kappa shape index (κ1) is 13.9. The fourth-order valence-electron chi connectivity index (χ4n) is 2.51. The minimum atomic E-state index is -0.0649. The maximum absolute atomic E-state index is 5.84. The SMILES string of the molecule is Cc1cc(C)nc(N2CCOC(c3ccnc(C)n3)C2)n1. The largest absolute Gasteiger partial charge is 0.368 e. The van der Waals surface area contributed by atoms with E-state index in [-0.39, 0.29) is 6.10 Å². The predicted octanol–water partition coefficient (Wildman–Crippen LogP) is 1.77. The van der Waals surface area contributed by atoms with Crippen LogP contribution in [0.5, 0.6) is 0 Å². The van der Waals surface area contributed by atoms with Crippen molar-refractivity contribution < 1.29 is 4.74 Å². The number of hydrogen-bond acceptors (Lipinski definition) is 6. The Morgan fingerprint density at radius 3 is 2.62 bits per heavy atom. The van der Waals surface area contributed by atoms with E-state index in [1.807, 2.05) is 32.9 Å². The van der Waals surface area contributed by atoms with Gasteiger partial charge in [0.15, 0.2) is 0 Å². The van der Waals surface area contributed by atoms with Crippen LogP contribution in [0.3, 0.4) is 0 Å². The smallest absolute Gasteiger partial charge is 0.225 e. The van der Waals surface area contributed by atoms with Gasteiger partial charge in [0.1, 0.15) is 11.9 Å². The van der Waals surface area contributed by atoms with Crippen molar-refractivity contribution in [1.82, 2.24) is 19.9 Å². The maximum Gasteiger partial charge on any atom is 0.225 e. The van der Waals surface area contributed by atoms with Crippen LogP contribution in [-0.4, -0.2) is 39.6 Å². The van der Waals surface area contributed by atoms with E-state index in [9.17, 15) is 0 Å². The summed E-state index contributed by atoms with van der Waals surface area (Å²) in [5.41, 5.74) is 2.88. The zero-order valence-electron chi connectivity index (χ0n) is 12.6. The van der Waals surface area contributed by atoms with Gasteiger partial charge in [0.25, 0.3) is 0 Å². The van der Waals surface area contributed by atoms with Gasteiger partial charge in [0, 0.05) is 24.1 Å². The number of nitrogens with zero attached hydrogens (tertiary/aromatic N) is 5. The summed E-state index contributed by atoms with van der Waals surface area (Å²) < 4.78 is 5.84. The molecule has 0 aliphatic carbocycles. The summed E-state index contributed by atoms with van der Waals surface area (Å²) >= 11 is 0. The van der Waals surface area contributed by atoms with Crippen molar-refractivity contribution in [3.05, 3.63) is 41.2 Å². The second-order valence-electron chi connectivity index (χ2n) is 5.28. The van der Waals surface area contributed by atoms with Crippen LogP contribution in [0.15, 0.2) is 18.3 Å². The van der Waals surface area contributed by atoms with Crippen LogP contribution >= 0.6 is 0 Å². The highest BCUT2D eigenvalue weighted by Crippen LogP contribution is 2.23. The van der Waals surface area contributed by atoms with Crippen LogP contribution in [0.1, 0.15) is 29.0 Å². The summed E-state index contributed by atoms with van der Waals surface area (Å²) in [4.78, 5) is 19.8. The molecule has 1 saturated heterocycles. The monoisotopic (exact) mass is 285 g/mol. The van der Waals surface area contributed by atoms with E-state index in [0.29, 0.717) is 13.2 Å². The minimum absolute atomic E-state index is 0.0649. The van der Waals surface area contributed by atoms with Crippen molar-refractivity contribution in [3.63, 3.8) is 0 Å². The average molecular weight is 285 g/mol. The Kier molecular flexibility index (Phi) is 3.79. The molecule has 3 heterocycles. The quantitative estimate of drug-likeness (QED) is 0.838. The Morgan fingerprint density at radius 1 is 1.14 bits per heavy atom. The average Bonchev–Trinajstić information content (AvgIpc) is 2.46. The fourth-order valence-corrected chi connectivity index (χ4v) is 2.51. The van der Waals surface area contributed by atoms with Crippen molar-refractivity contribution in [3.8, 4) is 0 Å². The molecule has 2 aromatic rings. The molecule has 0 N–H and O–H groups in total. The molecule has 6 heteroatoms. The molecule has 0 aromatic carbocycles. The van der Waals surface area contributed by atoms with Crippen molar-refractivity contribution >= 4 is 5.95 Å². The van der Waals surface area contributed by atoms with Crippen LogP contribution in [0.2, 0.25) is 0 Å². The van der Waals surface area contributed by atoms with Gasteiger partial charge in [-0.05, 0) is 32.9 Å². The number of hydrogen-bond donors (Lipinski definition) is 0. The van der Waals surface area contributed by atoms with E-state index in [4.69, 9.17) is 4.74 Å². The lowest BCUT2D eigenvalue weighted by molar-refractivity contribution is 0.0362. The minimum Gasteiger partial charge on any atom is -0.368 e. The van der Waals surface area contributed by atoms with Crippen LogP contribution in [0.4, 0.5) is 5.95 Å². The Labute approximate surface area is 124 Å². The molecule has 110 valence electrons. The van der Waals surface area contributed by atoms with E-state index in [0.717, 1.165) is 35.4 Å². The predicted molar refractivity (Wildman–Crippen MR) is 79.2 cm³/mol. The molecule has 1 unspecified atom stereocenters. The topological polar surface area (TPSA) is 64.0 Å². The second-order valence-corrected chi connectivity index (χ2v) is 5.28. The third-order valence-corrected chi connectivity index (χ3v) is 3.45. The zero-order valence-corrected chi connectivity index (χ0v) is 12.6. The molecule has 6 nitrogen and oxygen atoms in total. The number of aryl methyl sites for hydroxylation is 3. The summed E-state index contributed by atoms with van der Waals surface area (Å²) in [6.45, 7) is 8.01. The third-order valence-electron chi connectivity index (χ3n) is 3.45. The standard InChI is InChI=1S/C15H19N5O/c1-10-8-11(2)18-15(17-10)20-6-7-21-14(9-20)13-4-5-16-12(3)19-13/h4-5,8,14H,6-7,9H2,1-3H3. The van der Waals surface area contributed by atoms with Crippen molar-refractivity contribution in [2.45, 2.75) is 26.9 Å². The van der Waals surface area contributed by atoms with Gasteiger partial charge in [0.05, 0.1) is 18.8 Å². The van der Waals surface area contributed by atoms with Gasteiger partial charge in [-0.1, -0.05) is 0 Å². The number of ether oxygens (including phenoxy) is 1. The first-order valence-electron chi connectivity index (χ1n) is 7.10. The summed E-state index contributed by atoms with van der Waals surface area (Å²) in [7, 11) is 0. The fraction of sp³-hybridized carbons (Fsp3) is 0.467. The Balaban J connectivity index is 1.82. The number of rotatable bonds is 2. The lowest BCUT2D eigenvalue weighted by Crippen LogP contribution is -2.39. The van der Waals surface area contributed by atoms with Gasteiger partial charge in [-0.25, -0.2) is 19.9 Å². The molecular formula is C15H19N5O.